The van der Waals surface area contributed by atoms with Crippen molar-refractivity contribution in [1.29, 1.82) is 0 Å². The first-order valence-corrected chi connectivity index (χ1v) is 16.5. The summed E-state index contributed by atoms with van der Waals surface area (Å²) in [5, 5.41) is 4.33. The number of methoxy groups -OCH3 is 1. The third-order valence-corrected chi connectivity index (χ3v) is 10.1. The minimum atomic E-state index is -4.01. The highest BCUT2D eigenvalue weighted by molar-refractivity contribution is 7.90. The number of hydrogen-bond donors (Lipinski definition) is 2. The van der Waals surface area contributed by atoms with Crippen LogP contribution < -0.4 is 14.8 Å². The zero-order valence-corrected chi connectivity index (χ0v) is 25.2. The van der Waals surface area contributed by atoms with E-state index in [1.54, 1.807) is 37.4 Å². The van der Waals surface area contributed by atoms with Gasteiger partial charge in [-0.05, 0) is 86.4 Å². The van der Waals surface area contributed by atoms with Gasteiger partial charge in [0.2, 0.25) is 5.91 Å². The minimum absolute atomic E-state index is 0.0188. The molecule has 0 spiro atoms. The summed E-state index contributed by atoms with van der Waals surface area (Å²) in [6, 6.07) is 19.0. The van der Waals surface area contributed by atoms with Gasteiger partial charge in [-0.3, -0.25) is 9.59 Å². The van der Waals surface area contributed by atoms with Gasteiger partial charge >= 0.3 is 0 Å². The van der Waals surface area contributed by atoms with E-state index in [-0.39, 0.29) is 16.4 Å². The topological polar surface area (TPSA) is 106 Å². The monoisotopic (exact) mass is 599 g/mol. The van der Waals surface area contributed by atoms with Gasteiger partial charge < -0.3 is 14.6 Å². The van der Waals surface area contributed by atoms with Crippen LogP contribution in [0.4, 0.5) is 5.69 Å². The average molecular weight is 600 g/mol. The molecule has 0 radical (unpaired) electrons. The third-order valence-electron chi connectivity index (χ3n) is 8.77. The number of sulfonamides is 1. The molecule has 2 aliphatic carbocycles. The van der Waals surface area contributed by atoms with Crippen molar-refractivity contribution in [1.82, 2.24) is 9.29 Å². The lowest BCUT2D eigenvalue weighted by atomic mass is 9.95. The Labute approximate surface area is 252 Å². The molecule has 9 heteroatoms. The predicted octanol–water partition coefficient (Wildman–Crippen LogP) is 6.21. The maximum atomic E-state index is 12.9. The van der Waals surface area contributed by atoms with E-state index in [2.05, 4.69) is 26.7 Å². The Kier molecular flexibility index (Phi) is 8.25. The Hall–Kier alpha value is -4.11. The molecule has 2 amide bonds. The summed E-state index contributed by atoms with van der Waals surface area (Å²) in [5.41, 5.74) is 5.55. The number of carbonyl (C=O) groups is 2. The lowest BCUT2D eigenvalue weighted by molar-refractivity contribution is -0.117. The van der Waals surface area contributed by atoms with Gasteiger partial charge in [0.15, 0.2) is 0 Å². The quantitative estimate of drug-likeness (QED) is 0.238. The van der Waals surface area contributed by atoms with Gasteiger partial charge in [-0.1, -0.05) is 43.2 Å². The lowest BCUT2D eigenvalue weighted by Gasteiger charge is -2.18. The van der Waals surface area contributed by atoms with Crippen molar-refractivity contribution < 1.29 is 22.7 Å². The second-order valence-electron chi connectivity index (χ2n) is 11.6. The van der Waals surface area contributed by atoms with Crippen molar-refractivity contribution in [3.63, 3.8) is 0 Å². The van der Waals surface area contributed by atoms with Crippen LogP contribution in [0.3, 0.4) is 0 Å². The molecule has 1 fully saturated rings. The Bertz CT molecular complexity index is 1770. The van der Waals surface area contributed by atoms with Crippen molar-refractivity contribution >= 4 is 38.4 Å². The van der Waals surface area contributed by atoms with Crippen molar-refractivity contribution in [3.05, 3.63) is 89.1 Å². The highest BCUT2D eigenvalue weighted by Crippen LogP contribution is 2.36. The molecule has 1 heterocycles. The van der Waals surface area contributed by atoms with Crippen molar-refractivity contribution in [2.45, 2.75) is 69.2 Å². The number of hydrogen-bond acceptors (Lipinski definition) is 5. The molecule has 4 aromatic rings. The van der Waals surface area contributed by atoms with Gasteiger partial charge in [0.05, 0.1) is 24.1 Å². The number of amides is 2. The standard InChI is InChI=1S/C34H37N3O5S/c1-42-32-20-24(34(39)36-43(40,41)27-11-3-2-4-12-27)15-16-25(32)22-37-30-14-8-7-13-28(30)29-18-17-26(21-31(29)37)35-33(38)19-23-9-5-6-10-23/h2-4,11-12,15-18,20-21,23H,5-10,13-14,19,22H2,1H3,(H,35,38)(H,36,39). The fourth-order valence-corrected chi connectivity index (χ4v) is 7.60. The number of carbonyl (C=O) groups excluding carboxylic acids is 2. The fourth-order valence-electron chi connectivity index (χ4n) is 6.61. The number of aryl methyl sites for hydroxylation is 1. The maximum Gasteiger partial charge on any atom is 0.265 e. The molecule has 43 heavy (non-hydrogen) atoms. The number of aromatic nitrogens is 1. The molecular formula is C34H37N3O5S. The van der Waals surface area contributed by atoms with Crippen LogP contribution in [0, 0.1) is 5.92 Å². The van der Waals surface area contributed by atoms with E-state index >= 15 is 0 Å². The zero-order chi connectivity index (χ0) is 30.0. The molecule has 1 saturated carbocycles. The van der Waals surface area contributed by atoms with Crippen LogP contribution in [0.15, 0.2) is 71.6 Å². The molecule has 2 N–H and O–H groups in total. The Balaban J connectivity index is 1.27. The number of ether oxygens (including phenoxy) is 1. The van der Waals surface area contributed by atoms with Crippen molar-refractivity contribution in [2.24, 2.45) is 5.92 Å². The number of nitrogens with zero attached hydrogens (tertiary/aromatic N) is 1. The second kappa shape index (κ2) is 12.2. The van der Waals surface area contributed by atoms with E-state index in [0.717, 1.165) is 55.3 Å². The van der Waals surface area contributed by atoms with Crippen LogP contribution in [-0.4, -0.2) is 31.9 Å². The van der Waals surface area contributed by atoms with E-state index in [9.17, 15) is 18.0 Å². The molecule has 224 valence electrons. The molecular weight excluding hydrogens is 562 g/mol. The average Bonchev–Trinajstić information content (AvgIpc) is 3.63. The smallest absolute Gasteiger partial charge is 0.265 e. The van der Waals surface area contributed by atoms with Gasteiger partial charge in [0.25, 0.3) is 15.9 Å². The Morgan fingerprint density at radius 2 is 1.70 bits per heavy atom. The molecule has 8 nitrogen and oxygen atoms in total. The fraction of sp³-hybridized carbons (Fsp3) is 0.353. The summed E-state index contributed by atoms with van der Waals surface area (Å²) < 4.78 is 35.5. The largest absolute Gasteiger partial charge is 0.496 e. The molecule has 6 rings (SSSR count). The van der Waals surface area contributed by atoms with Gasteiger partial charge in [-0.2, -0.15) is 0 Å². The molecule has 0 atom stereocenters. The number of nitrogens with one attached hydrogen (secondary N) is 2. The van der Waals surface area contributed by atoms with Gasteiger partial charge in [-0.25, -0.2) is 13.1 Å². The van der Waals surface area contributed by atoms with Crippen LogP contribution in [0.2, 0.25) is 0 Å². The minimum Gasteiger partial charge on any atom is -0.496 e. The van der Waals surface area contributed by atoms with Gasteiger partial charge in [-0.15, -0.1) is 0 Å². The number of rotatable bonds is 9. The Morgan fingerprint density at radius 1 is 0.930 bits per heavy atom. The van der Waals surface area contributed by atoms with Gasteiger partial charge in [0.1, 0.15) is 5.75 Å². The molecule has 1 aromatic heterocycles. The number of fused-ring (bicyclic) bond motifs is 3. The lowest BCUT2D eigenvalue weighted by Crippen LogP contribution is -2.30. The molecule has 0 unspecified atom stereocenters. The van der Waals surface area contributed by atoms with Gasteiger partial charge in [0, 0.05) is 34.3 Å². The summed E-state index contributed by atoms with van der Waals surface area (Å²) in [4.78, 5) is 25.8. The number of benzene rings is 3. The first-order valence-electron chi connectivity index (χ1n) is 15.1. The van der Waals surface area contributed by atoms with Crippen LogP contribution in [0.1, 0.15) is 72.1 Å². The second-order valence-corrected chi connectivity index (χ2v) is 13.3. The highest BCUT2D eigenvalue weighted by Gasteiger charge is 2.24. The van der Waals surface area contributed by atoms with E-state index < -0.39 is 15.9 Å². The third kappa shape index (κ3) is 6.18. The van der Waals surface area contributed by atoms with Crippen LogP contribution in [-0.2, 0) is 34.2 Å². The van der Waals surface area contributed by atoms with E-state index in [1.165, 1.54) is 41.6 Å². The normalized spacial score (nSPS) is 15.3. The first kappa shape index (κ1) is 29.0. The highest BCUT2D eigenvalue weighted by atomic mass is 32.2. The summed E-state index contributed by atoms with van der Waals surface area (Å²) in [6.45, 7) is 0.513. The summed E-state index contributed by atoms with van der Waals surface area (Å²) in [5.74, 6) is 0.322. The molecule has 2 aliphatic rings. The Morgan fingerprint density at radius 3 is 2.47 bits per heavy atom. The number of anilines is 1. The summed E-state index contributed by atoms with van der Waals surface area (Å²) >= 11 is 0. The van der Waals surface area contributed by atoms with E-state index in [0.29, 0.717) is 24.6 Å². The van der Waals surface area contributed by atoms with Crippen molar-refractivity contribution in [3.8, 4) is 5.75 Å². The predicted molar refractivity (Wildman–Crippen MR) is 167 cm³/mol. The summed E-state index contributed by atoms with van der Waals surface area (Å²) in [7, 11) is -2.46. The maximum absolute atomic E-state index is 12.9. The molecule has 0 bridgehead atoms. The van der Waals surface area contributed by atoms with Crippen LogP contribution in [0.25, 0.3) is 10.9 Å². The molecule has 3 aromatic carbocycles. The first-order chi connectivity index (χ1) is 20.8. The van der Waals surface area contributed by atoms with Crippen LogP contribution >= 0.6 is 0 Å². The molecule has 0 saturated heterocycles. The van der Waals surface area contributed by atoms with Crippen molar-refractivity contribution in [2.75, 3.05) is 12.4 Å². The molecule has 0 aliphatic heterocycles. The summed E-state index contributed by atoms with van der Waals surface area (Å²) in [6.07, 6.45) is 9.49. The van der Waals surface area contributed by atoms with E-state index in [4.69, 9.17) is 4.74 Å². The zero-order valence-electron chi connectivity index (χ0n) is 24.4. The van der Waals surface area contributed by atoms with Crippen LogP contribution in [0.5, 0.6) is 5.75 Å². The SMILES string of the molecule is COc1cc(C(=O)NS(=O)(=O)c2ccccc2)ccc1Cn1c2c(c3ccc(NC(=O)CC4CCCC4)cc31)CCCC2. The van der Waals surface area contributed by atoms with E-state index in [1.807, 2.05) is 12.1 Å².